The Balaban J connectivity index is 3.69. The lowest BCUT2D eigenvalue weighted by molar-refractivity contribution is -0.0506. The maximum atomic E-state index is 5.91. The monoisotopic (exact) mass is 244 g/mol. The highest BCUT2D eigenvalue weighted by Gasteiger charge is 2.20. The summed E-state index contributed by atoms with van der Waals surface area (Å²) >= 11 is 0. The van der Waals surface area contributed by atoms with Gasteiger partial charge in [-0.1, -0.05) is 20.3 Å². The summed E-state index contributed by atoms with van der Waals surface area (Å²) in [5.74, 6) is 0. The summed E-state index contributed by atoms with van der Waals surface area (Å²) in [5, 5.41) is 0. The van der Waals surface area contributed by atoms with Gasteiger partial charge in [0, 0.05) is 13.2 Å². The van der Waals surface area contributed by atoms with Gasteiger partial charge >= 0.3 is 0 Å². The van der Waals surface area contributed by atoms with E-state index < -0.39 is 0 Å². The maximum absolute atomic E-state index is 5.91. The summed E-state index contributed by atoms with van der Waals surface area (Å²) in [6.07, 6.45) is 5.53. The van der Waals surface area contributed by atoms with E-state index in [0.29, 0.717) is 0 Å². The molecule has 2 nitrogen and oxygen atoms in total. The summed E-state index contributed by atoms with van der Waals surface area (Å²) in [6.45, 7) is 14.7. The lowest BCUT2D eigenvalue weighted by Gasteiger charge is -2.28. The molecule has 0 aromatic carbocycles. The summed E-state index contributed by atoms with van der Waals surface area (Å²) in [5.41, 5.74) is 0.0252. The van der Waals surface area contributed by atoms with E-state index in [0.717, 1.165) is 38.9 Å². The predicted octanol–water partition coefficient (Wildman–Crippen LogP) is 4.57. The van der Waals surface area contributed by atoms with Crippen molar-refractivity contribution in [3.8, 4) is 0 Å². The van der Waals surface area contributed by atoms with Crippen LogP contribution in [0.5, 0.6) is 0 Å². The van der Waals surface area contributed by atoms with Crippen LogP contribution in [0.2, 0.25) is 0 Å². The number of hydrogen-bond donors (Lipinski definition) is 0. The van der Waals surface area contributed by atoms with Crippen LogP contribution in [0.25, 0.3) is 0 Å². The summed E-state index contributed by atoms with van der Waals surface area (Å²) in [4.78, 5) is 0. The molecule has 0 aromatic rings. The highest BCUT2D eigenvalue weighted by Crippen LogP contribution is 2.20. The molecule has 0 atom stereocenters. The van der Waals surface area contributed by atoms with Crippen molar-refractivity contribution in [2.45, 2.75) is 84.8 Å². The molecule has 0 radical (unpaired) electrons. The van der Waals surface area contributed by atoms with Crippen molar-refractivity contribution in [1.29, 1.82) is 0 Å². The molecule has 0 aliphatic heterocycles. The average molecular weight is 244 g/mol. The Hall–Kier alpha value is -0.0800. The number of ether oxygens (including phenoxy) is 2. The van der Waals surface area contributed by atoms with Gasteiger partial charge in [-0.3, -0.25) is 0 Å². The summed E-state index contributed by atoms with van der Waals surface area (Å²) in [7, 11) is 0. The van der Waals surface area contributed by atoms with Crippen molar-refractivity contribution in [3.05, 3.63) is 0 Å². The van der Waals surface area contributed by atoms with Crippen LogP contribution in [-0.2, 0) is 9.47 Å². The summed E-state index contributed by atoms with van der Waals surface area (Å²) < 4.78 is 11.7. The molecule has 104 valence electrons. The molecule has 0 bridgehead atoms. The fraction of sp³-hybridized carbons (Fsp3) is 1.00. The standard InChI is InChI=1S/C15H32O2/c1-7-10-14(3,4)17-13-9-11-15(5,6)16-12-8-2/h7-13H2,1-6H3. The topological polar surface area (TPSA) is 18.5 Å². The van der Waals surface area contributed by atoms with Gasteiger partial charge in [-0.15, -0.1) is 0 Å². The third-order valence-electron chi connectivity index (χ3n) is 2.96. The molecule has 0 saturated carbocycles. The first-order valence-corrected chi connectivity index (χ1v) is 7.11. The second-order valence-corrected chi connectivity index (χ2v) is 6.07. The fourth-order valence-electron chi connectivity index (χ4n) is 1.97. The van der Waals surface area contributed by atoms with Gasteiger partial charge < -0.3 is 9.47 Å². The zero-order chi connectivity index (χ0) is 13.4. The van der Waals surface area contributed by atoms with E-state index in [1.807, 2.05) is 0 Å². The lowest BCUT2D eigenvalue weighted by Crippen LogP contribution is -2.28. The van der Waals surface area contributed by atoms with Crippen LogP contribution in [0.15, 0.2) is 0 Å². The van der Waals surface area contributed by atoms with Crippen LogP contribution in [0.3, 0.4) is 0 Å². The van der Waals surface area contributed by atoms with Gasteiger partial charge in [-0.25, -0.2) is 0 Å². The van der Waals surface area contributed by atoms with Gasteiger partial charge in [0.15, 0.2) is 0 Å². The second kappa shape index (κ2) is 8.10. The molecule has 17 heavy (non-hydrogen) atoms. The maximum Gasteiger partial charge on any atom is 0.0627 e. The zero-order valence-electron chi connectivity index (χ0n) is 12.8. The van der Waals surface area contributed by atoms with E-state index in [2.05, 4.69) is 41.5 Å². The van der Waals surface area contributed by atoms with Crippen LogP contribution in [0.4, 0.5) is 0 Å². The quantitative estimate of drug-likeness (QED) is 0.524. The molecular weight excluding hydrogens is 212 g/mol. The third kappa shape index (κ3) is 9.61. The highest BCUT2D eigenvalue weighted by molar-refractivity contribution is 4.70. The van der Waals surface area contributed by atoms with Gasteiger partial charge in [0.25, 0.3) is 0 Å². The van der Waals surface area contributed by atoms with Crippen molar-refractivity contribution in [3.63, 3.8) is 0 Å². The fourth-order valence-corrected chi connectivity index (χ4v) is 1.97. The molecule has 0 saturated heterocycles. The average Bonchev–Trinajstić information content (AvgIpc) is 2.22. The first-order chi connectivity index (χ1) is 7.83. The highest BCUT2D eigenvalue weighted by atomic mass is 16.5. The van der Waals surface area contributed by atoms with Crippen molar-refractivity contribution in [2.24, 2.45) is 0 Å². The lowest BCUT2D eigenvalue weighted by atomic mass is 10.0. The van der Waals surface area contributed by atoms with Crippen molar-refractivity contribution in [1.82, 2.24) is 0 Å². The van der Waals surface area contributed by atoms with Crippen LogP contribution in [0, 0.1) is 0 Å². The third-order valence-corrected chi connectivity index (χ3v) is 2.96. The first-order valence-electron chi connectivity index (χ1n) is 7.11. The molecule has 2 heteroatoms. The molecule has 0 spiro atoms. The minimum absolute atomic E-state index is 0.00569. The Bertz CT molecular complexity index is 185. The molecule has 0 amide bonds. The van der Waals surface area contributed by atoms with Crippen LogP contribution < -0.4 is 0 Å². The minimum Gasteiger partial charge on any atom is -0.376 e. The van der Waals surface area contributed by atoms with E-state index >= 15 is 0 Å². The van der Waals surface area contributed by atoms with Crippen molar-refractivity contribution < 1.29 is 9.47 Å². The van der Waals surface area contributed by atoms with E-state index in [-0.39, 0.29) is 11.2 Å². The Morgan fingerprint density at radius 2 is 1.24 bits per heavy atom. The Kier molecular flexibility index (Phi) is 8.06. The smallest absolute Gasteiger partial charge is 0.0627 e. The van der Waals surface area contributed by atoms with Crippen LogP contribution in [0.1, 0.15) is 73.6 Å². The number of hydrogen-bond acceptors (Lipinski definition) is 2. The molecule has 0 fully saturated rings. The van der Waals surface area contributed by atoms with E-state index in [1.165, 1.54) is 6.42 Å². The van der Waals surface area contributed by atoms with E-state index in [1.54, 1.807) is 0 Å². The van der Waals surface area contributed by atoms with Gasteiger partial charge in [-0.05, 0) is 53.4 Å². The molecule has 0 aliphatic carbocycles. The molecule has 0 unspecified atom stereocenters. The van der Waals surface area contributed by atoms with Crippen molar-refractivity contribution in [2.75, 3.05) is 13.2 Å². The minimum atomic E-state index is -0.00569. The summed E-state index contributed by atoms with van der Waals surface area (Å²) in [6, 6.07) is 0. The Morgan fingerprint density at radius 1 is 0.706 bits per heavy atom. The van der Waals surface area contributed by atoms with Crippen LogP contribution in [-0.4, -0.2) is 24.4 Å². The van der Waals surface area contributed by atoms with E-state index in [4.69, 9.17) is 9.47 Å². The molecule has 0 aliphatic rings. The van der Waals surface area contributed by atoms with E-state index in [9.17, 15) is 0 Å². The Labute approximate surface area is 108 Å². The number of rotatable bonds is 10. The molecule has 0 N–H and O–H groups in total. The largest absolute Gasteiger partial charge is 0.376 e. The van der Waals surface area contributed by atoms with Crippen molar-refractivity contribution >= 4 is 0 Å². The Morgan fingerprint density at radius 3 is 1.76 bits per heavy atom. The molecular formula is C15H32O2. The van der Waals surface area contributed by atoms with Crippen LogP contribution >= 0.6 is 0 Å². The molecule has 0 heterocycles. The molecule has 0 aromatic heterocycles. The molecule has 0 rings (SSSR count). The van der Waals surface area contributed by atoms with Gasteiger partial charge in [-0.2, -0.15) is 0 Å². The van der Waals surface area contributed by atoms with Gasteiger partial charge in [0.2, 0.25) is 0 Å². The first kappa shape index (κ1) is 16.9. The second-order valence-electron chi connectivity index (χ2n) is 6.07. The SMILES string of the molecule is CCCOC(C)(C)CCCOC(C)(C)CCC. The van der Waals surface area contributed by atoms with Gasteiger partial charge in [0.1, 0.15) is 0 Å². The van der Waals surface area contributed by atoms with Gasteiger partial charge in [0.05, 0.1) is 11.2 Å². The normalized spacial score (nSPS) is 13.1. The predicted molar refractivity (Wildman–Crippen MR) is 74.5 cm³/mol. The zero-order valence-corrected chi connectivity index (χ0v) is 12.8.